The van der Waals surface area contributed by atoms with Gasteiger partial charge in [-0.15, -0.1) is 0 Å². The molecule has 0 spiro atoms. The summed E-state index contributed by atoms with van der Waals surface area (Å²) in [7, 11) is 4.89. The number of hydrogen-bond donors (Lipinski definition) is 2. The van der Waals surface area contributed by atoms with Crippen molar-refractivity contribution in [2.45, 2.75) is 153 Å². The van der Waals surface area contributed by atoms with Crippen LogP contribution in [0.25, 0.3) is 18.2 Å². The van der Waals surface area contributed by atoms with Crippen molar-refractivity contribution in [1.82, 2.24) is 0 Å². The van der Waals surface area contributed by atoms with Crippen molar-refractivity contribution < 1.29 is 104 Å². The van der Waals surface area contributed by atoms with E-state index in [-0.39, 0.29) is 87.1 Å². The highest BCUT2D eigenvalue weighted by molar-refractivity contribution is 9.11. The van der Waals surface area contributed by atoms with Gasteiger partial charge < -0.3 is 48.6 Å². The average molecular weight is 1900 g/mol. The van der Waals surface area contributed by atoms with Gasteiger partial charge in [-0.2, -0.15) is 52.7 Å². The third-order valence-electron chi connectivity index (χ3n) is 18.7. The summed E-state index contributed by atoms with van der Waals surface area (Å²) in [6.45, 7) is 10.8. The quantitative estimate of drug-likeness (QED) is 0.0128. The van der Waals surface area contributed by atoms with Gasteiger partial charge in [-0.1, -0.05) is 113 Å². The van der Waals surface area contributed by atoms with E-state index < -0.39 is 61.2 Å². The van der Waals surface area contributed by atoms with Crippen LogP contribution in [0.2, 0.25) is 0 Å². The number of benzene rings is 5. The largest absolute Gasteiger partial charge is 0.496 e. The van der Waals surface area contributed by atoms with E-state index in [1.165, 1.54) is 6.08 Å². The van der Waals surface area contributed by atoms with Crippen molar-refractivity contribution in [1.29, 1.82) is 0 Å². The molecule has 4 aliphatic carbocycles. The lowest BCUT2D eigenvalue weighted by molar-refractivity contribution is -0.184. The number of carbonyl (C=O) groups excluding carboxylic acids is 3. The summed E-state index contributed by atoms with van der Waals surface area (Å²) in [6.07, 6.45) is 4.22. The van der Waals surface area contributed by atoms with E-state index in [1.807, 2.05) is 91.1 Å². The Balaban J connectivity index is 0.000000353. The maximum absolute atomic E-state index is 12.7. The second-order valence-corrected chi connectivity index (χ2v) is 32.3. The summed E-state index contributed by atoms with van der Waals surface area (Å²) in [6, 6.07) is 27.8. The third-order valence-corrected chi connectivity index (χ3v) is 23.0. The Bertz CT molecular complexity index is 3770. The SMILES string of the molecule is C=CC(=O)Cl.C=CC(=O)Nc1ccc(OC)c(/C=C/C2CCC(C(F)(F)F)CC2)c1.CCOP(=O)(Cc1cc(Br)ccc1OC)OCC.COc1ccc(Br)cc1/C=C/C1CCC(C(F)(F)F)CC1.COc1ccc(Br)cc1CBr.COc1ccc(N)cc1/C=C/C1CCC(C(F)(F)F)CC1.O=CC1CCC(C(F)(F)F)CC1. The summed E-state index contributed by atoms with van der Waals surface area (Å²) >= 11 is 18.3. The lowest BCUT2D eigenvalue weighted by Crippen LogP contribution is -2.28. The number of ether oxygens (including phenoxy) is 5. The summed E-state index contributed by atoms with van der Waals surface area (Å²) in [5.41, 5.74) is 11.5. The molecule has 0 aromatic heterocycles. The molecule has 1 amide bonds. The number of rotatable bonds is 22. The number of nitrogen functional groups attached to an aromatic ring is 1. The molecule has 0 saturated heterocycles. The van der Waals surface area contributed by atoms with Crippen LogP contribution in [-0.4, -0.2) is 90.9 Å². The van der Waals surface area contributed by atoms with Gasteiger partial charge >= 0.3 is 32.3 Å². The molecule has 4 fully saturated rings. The van der Waals surface area contributed by atoms with Crippen molar-refractivity contribution in [3.63, 3.8) is 0 Å². The Morgan fingerprint density at radius 3 is 1.12 bits per heavy atom. The van der Waals surface area contributed by atoms with E-state index in [0.717, 1.165) is 70.4 Å². The van der Waals surface area contributed by atoms with Gasteiger partial charge in [0.05, 0.1) is 78.6 Å². The fraction of sp³-hybridized carbons (Fsp3) is 0.476. The molecule has 0 radical (unpaired) electrons. The topological polar surface area (TPSA) is 171 Å². The standard InChI is InChI=1S/C19H22F3NO2.C16H18BrF3O.C16H20F3NO.C12H18BrO4P.C8H8Br2O.C8H11F3O.C3H3ClO/c1-3-18(24)23-16-10-11-17(25-2)14(12-16)7-4-13-5-8-15(9-6-13)19(20,21)22;1-21-15-9-8-14(17)10-12(15)5-2-11-3-6-13(7-4-11)16(18,19)20;1-21-15-9-8-14(20)10-12(15)5-2-11-3-6-13(7-4-11)16(17,18)19;1-4-16-18(14,17-5-2)9-10-8-11(13)6-7-12(10)15-3;1-11-8-3-2-7(10)4-6(8)5-9;9-8(10,11)7-3-1-6(5-12)2-4-7;1-2-3(4)5/h3-4,7,10-13,15H,1,5-6,8-9H2,2H3,(H,23,24);2,5,8-11,13H,3-4,6-7H2,1H3;2,5,8-11,13H,3-4,6-7,20H2,1H3;6-8H,4-5,9H2,1-3H3;2-4H,5H2,1H3;5-7H,1-4H2;2H,1H2/b7-4+;2*5-2+;;;;. The highest BCUT2D eigenvalue weighted by Crippen LogP contribution is 2.53. The minimum absolute atomic E-state index is 0.118. The van der Waals surface area contributed by atoms with E-state index in [2.05, 4.69) is 82.2 Å². The minimum Gasteiger partial charge on any atom is -0.496 e. The maximum Gasteiger partial charge on any atom is 0.391 e. The van der Waals surface area contributed by atoms with Crippen molar-refractivity contribution in [2.24, 2.45) is 47.3 Å². The van der Waals surface area contributed by atoms with Crippen LogP contribution in [0.5, 0.6) is 28.7 Å². The Hall–Kier alpha value is -6.07. The molecule has 3 N–H and O–H groups in total. The average Bonchev–Trinajstić information content (AvgIpc) is 0.844. The molecule has 628 valence electrons. The van der Waals surface area contributed by atoms with Gasteiger partial charge in [0.2, 0.25) is 11.1 Å². The number of alkyl halides is 13. The van der Waals surface area contributed by atoms with Crippen LogP contribution < -0.4 is 34.7 Å². The Kier molecular flexibility index (Phi) is 45.8. The molecule has 4 aliphatic rings. The van der Waals surface area contributed by atoms with E-state index in [9.17, 15) is 71.6 Å². The first-order chi connectivity index (χ1) is 53.2. The Morgan fingerprint density at radius 1 is 0.478 bits per heavy atom. The van der Waals surface area contributed by atoms with Gasteiger partial charge in [-0.25, -0.2) is 0 Å². The molecule has 9 rings (SSSR count). The first kappa shape index (κ1) is 101. The van der Waals surface area contributed by atoms with Gasteiger partial charge in [0.15, 0.2) is 0 Å². The van der Waals surface area contributed by atoms with Crippen LogP contribution in [0.1, 0.15) is 144 Å². The van der Waals surface area contributed by atoms with Crippen LogP contribution in [0.3, 0.4) is 0 Å². The van der Waals surface area contributed by atoms with Crippen molar-refractivity contribution in [3.8, 4) is 28.7 Å². The molecule has 5 aromatic rings. The van der Waals surface area contributed by atoms with Crippen LogP contribution >= 0.6 is 82.9 Å². The molecule has 0 aliphatic heterocycles. The van der Waals surface area contributed by atoms with Gasteiger partial charge in [0.25, 0.3) is 0 Å². The fourth-order valence-electron chi connectivity index (χ4n) is 12.5. The highest BCUT2D eigenvalue weighted by atomic mass is 79.9. The molecule has 0 unspecified atom stereocenters. The monoisotopic (exact) mass is 1900 g/mol. The minimum atomic E-state index is -4.09. The number of anilines is 2. The Labute approximate surface area is 694 Å². The molecule has 0 bridgehead atoms. The summed E-state index contributed by atoms with van der Waals surface area (Å²) in [4.78, 5) is 31.1. The molecule has 0 heterocycles. The van der Waals surface area contributed by atoms with Gasteiger partial charge in [-0.05, 0) is 249 Å². The molecular weight excluding hydrogens is 1800 g/mol. The number of aldehydes is 1. The number of amides is 1. The van der Waals surface area contributed by atoms with E-state index in [4.69, 9.17) is 50.1 Å². The third kappa shape index (κ3) is 38.3. The molecule has 31 heteroatoms. The summed E-state index contributed by atoms with van der Waals surface area (Å²) < 4.78 is 202. The molecule has 5 aromatic carbocycles. The zero-order valence-electron chi connectivity index (χ0n) is 64.0. The number of carbonyl (C=O) groups is 3. The maximum atomic E-state index is 12.7. The molecule has 13 nitrogen and oxygen atoms in total. The zero-order valence-corrected chi connectivity index (χ0v) is 72.0. The first-order valence-electron chi connectivity index (χ1n) is 36.3. The number of halogens is 17. The second kappa shape index (κ2) is 51.2. The normalized spacial score (nSPS) is 19.8. The van der Waals surface area contributed by atoms with E-state index in [1.54, 1.807) is 85.8 Å². The lowest BCUT2D eigenvalue weighted by atomic mass is 9.81. The van der Waals surface area contributed by atoms with Gasteiger partial charge in [-0.3, -0.25) is 14.2 Å². The number of nitrogens with two attached hydrogens (primary N) is 1. The second-order valence-electron chi connectivity index (χ2n) is 26.5. The van der Waals surface area contributed by atoms with Gasteiger partial charge in [0, 0.05) is 63.9 Å². The number of methoxy groups -OCH3 is 5. The summed E-state index contributed by atoms with van der Waals surface area (Å²) in [5, 5.41) is 2.98. The number of hydrogen-bond acceptors (Lipinski definition) is 12. The first-order valence-corrected chi connectivity index (χ1v) is 41.9. The lowest BCUT2D eigenvalue weighted by Gasteiger charge is -2.28. The summed E-state index contributed by atoms with van der Waals surface area (Å²) in [5.74, 6) is -0.821. The molecule has 4 saturated carbocycles. The molecule has 113 heavy (non-hydrogen) atoms. The van der Waals surface area contributed by atoms with E-state index in [0.29, 0.717) is 93.2 Å². The van der Waals surface area contributed by atoms with Crippen molar-refractivity contribution in [3.05, 3.63) is 176 Å². The number of nitrogens with one attached hydrogen (secondary N) is 1. The highest BCUT2D eigenvalue weighted by Gasteiger charge is 2.44. The predicted octanol–water partition coefficient (Wildman–Crippen LogP) is 26.8. The fourth-order valence-corrected chi connectivity index (χ4v) is 15.9. The predicted molar refractivity (Wildman–Crippen MR) is 439 cm³/mol. The van der Waals surface area contributed by atoms with Crippen LogP contribution in [0.15, 0.2) is 148 Å². The smallest absolute Gasteiger partial charge is 0.391 e. The zero-order chi connectivity index (χ0) is 84.7. The van der Waals surface area contributed by atoms with Crippen LogP contribution in [0.4, 0.5) is 64.1 Å². The molecule has 0 atom stereocenters. The van der Waals surface area contributed by atoms with Crippen molar-refractivity contribution >= 4 is 130 Å². The van der Waals surface area contributed by atoms with E-state index >= 15 is 0 Å². The van der Waals surface area contributed by atoms with Crippen LogP contribution in [0, 0.1) is 47.3 Å². The number of allylic oxidation sites excluding steroid dienone is 4. The van der Waals surface area contributed by atoms with Crippen LogP contribution in [-0.2, 0) is 39.5 Å². The Morgan fingerprint density at radius 2 is 0.788 bits per heavy atom. The van der Waals surface area contributed by atoms with Gasteiger partial charge in [0.1, 0.15) is 35.0 Å². The van der Waals surface area contributed by atoms with Crippen molar-refractivity contribution in [2.75, 3.05) is 59.8 Å². The molecular formula is C82H100Br4ClF12N2O11P.